The van der Waals surface area contributed by atoms with Crippen molar-refractivity contribution in [2.24, 2.45) is 17.8 Å². The van der Waals surface area contributed by atoms with Gasteiger partial charge in [0, 0.05) is 47.3 Å². The molecule has 8 atom stereocenters. The molecule has 0 spiro atoms. The van der Waals surface area contributed by atoms with Gasteiger partial charge in [-0.15, -0.1) is 11.8 Å². The molecule has 0 saturated carbocycles. The topological polar surface area (TPSA) is 154 Å². The quantitative estimate of drug-likeness (QED) is 0.147. The van der Waals surface area contributed by atoms with E-state index in [9.17, 15) is 34.7 Å². The average molecular weight is 603 g/mol. The lowest BCUT2D eigenvalue weighted by Crippen LogP contribution is -2.63. The fourth-order valence-electron chi connectivity index (χ4n) is 7.02. The van der Waals surface area contributed by atoms with Crippen LogP contribution in [0.5, 0.6) is 0 Å². The first-order chi connectivity index (χ1) is 19.9. The molecule has 0 aliphatic carbocycles. The number of rotatable bonds is 8. The number of benzene rings is 1. The largest absolute Gasteiger partial charge is 0.393 e. The van der Waals surface area contributed by atoms with Crippen LogP contribution in [-0.4, -0.2) is 111 Å². The van der Waals surface area contributed by atoms with Crippen molar-refractivity contribution in [3.05, 3.63) is 50.5 Å². The number of non-ortho nitro benzene ring substituents is 1. The number of nitro benzene ring substituents is 1. The second-order valence-electron chi connectivity index (χ2n) is 12.1. The van der Waals surface area contributed by atoms with Gasteiger partial charge in [-0.05, 0) is 64.9 Å². The monoisotopic (exact) mass is 602 g/mol. The van der Waals surface area contributed by atoms with Crippen LogP contribution in [-0.2, 0) is 14.3 Å². The van der Waals surface area contributed by atoms with Gasteiger partial charge in [0.05, 0.1) is 34.7 Å². The molecule has 42 heavy (non-hydrogen) atoms. The fourth-order valence-corrected chi connectivity index (χ4v) is 8.63. The SMILES string of the molecule is CC(O)C1C(=O)N2C(C(=O)OC(=O)c3ccc([N+](=O)[O-])cc3)=C(SC3C[C@@H](C(O)C4CCCN(C)C4)N(C)C3)[C@H](C)C12. The molecule has 3 fully saturated rings. The summed E-state index contributed by atoms with van der Waals surface area (Å²) in [6.07, 6.45) is 1.34. The summed E-state index contributed by atoms with van der Waals surface area (Å²) < 4.78 is 5.20. The van der Waals surface area contributed by atoms with Crippen molar-refractivity contribution in [1.82, 2.24) is 14.7 Å². The van der Waals surface area contributed by atoms with Crippen LogP contribution in [0.1, 0.15) is 43.5 Å². The molecule has 1 amide bonds. The third-order valence-corrected chi connectivity index (χ3v) is 10.7. The molecule has 4 aliphatic heterocycles. The van der Waals surface area contributed by atoms with Crippen molar-refractivity contribution >= 4 is 35.3 Å². The number of hydrogen-bond donors (Lipinski definition) is 2. The van der Waals surface area contributed by atoms with Crippen LogP contribution in [0.2, 0.25) is 0 Å². The van der Waals surface area contributed by atoms with Crippen LogP contribution < -0.4 is 0 Å². The molecule has 228 valence electrons. The van der Waals surface area contributed by atoms with Gasteiger partial charge in [0.15, 0.2) is 0 Å². The first-order valence-electron chi connectivity index (χ1n) is 14.4. The van der Waals surface area contributed by atoms with Crippen molar-refractivity contribution in [2.45, 2.75) is 62.7 Å². The summed E-state index contributed by atoms with van der Waals surface area (Å²) in [6.45, 7) is 6.01. The second kappa shape index (κ2) is 12.0. The number of likely N-dealkylation sites (N-methyl/N-ethyl adjacent to an activating group) is 1. The highest BCUT2D eigenvalue weighted by molar-refractivity contribution is 8.03. The van der Waals surface area contributed by atoms with E-state index < -0.39 is 46.9 Å². The lowest BCUT2D eigenvalue weighted by Gasteiger charge is -2.46. The molecule has 12 nitrogen and oxygen atoms in total. The third kappa shape index (κ3) is 5.60. The van der Waals surface area contributed by atoms with Gasteiger partial charge in [-0.1, -0.05) is 6.92 Å². The predicted octanol–water partition coefficient (Wildman–Crippen LogP) is 1.86. The number of ether oxygens (including phenoxy) is 1. The van der Waals surface area contributed by atoms with E-state index in [0.717, 1.165) is 38.1 Å². The first-order valence-corrected chi connectivity index (χ1v) is 15.3. The summed E-state index contributed by atoms with van der Waals surface area (Å²) in [5.74, 6) is -3.11. The Morgan fingerprint density at radius 3 is 2.45 bits per heavy atom. The number of likely N-dealkylation sites (tertiary alicyclic amines) is 2. The van der Waals surface area contributed by atoms with E-state index in [1.807, 2.05) is 14.0 Å². The normalized spacial score (nSPS) is 31.5. The van der Waals surface area contributed by atoms with Gasteiger partial charge < -0.3 is 24.7 Å². The van der Waals surface area contributed by atoms with E-state index in [2.05, 4.69) is 16.8 Å². The molecule has 4 heterocycles. The zero-order valence-corrected chi connectivity index (χ0v) is 25.0. The molecule has 1 aromatic rings. The minimum Gasteiger partial charge on any atom is -0.393 e. The van der Waals surface area contributed by atoms with E-state index in [1.54, 1.807) is 6.92 Å². The van der Waals surface area contributed by atoms with Crippen LogP contribution in [0.15, 0.2) is 34.9 Å². The number of aliphatic hydroxyl groups is 2. The number of fused-ring (bicyclic) bond motifs is 1. The van der Waals surface area contributed by atoms with Crippen molar-refractivity contribution in [3.63, 3.8) is 0 Å². The van der Waals surface area contributed by atoms with Crippen LogP contribution in [0.25, 0.3) is 0 Å². The number of nitrogens with zero attached hydrogens (tertiary/aromatic N) is 4. The molecule has 13 heteroatoms. The summed E-state index contributed by atoms with van der Waals surface area (Å²) in [5, 5.41) is 32.6. The number of β-lactam (4-membered cyclic amide) rings is 1. The first kappa shape index (κ1) is 30.6. The average Bonchev–Trinajstić information content (AvgIpc) is 3.42. The molecular formula is C29H38N4O8S. The second-order valence-corrected chi connectivity index (χ2v) is 13.4. The summed E-state index contributed by atoms with van der Waals surface area (Å²) in [7, 11) is 4.06. The number of piperidine rings is 1. The summed E-state index contributed by atoms with van der Waals surface area (Å²) in [4.78, 5) is 56.1. The van der Waals surface area contributed by atoms with Gasteiger partial charge in [-0.25, -0.2) is 9.59 Å². The van der Waals surface area contributed by atoms with Gasteiger partial charge >= 0.3 is 11.9 Å². The number of esters is 2. The third-order valence-electron chi connectivity index (χ3n) is 9.20. The van der Waals surface area contributed by atoms with Crippen LogP contribution >= 0.6 is 11.8 Å². The maximum atomic E-state index is 13.5. The van der Waals surface area contributed by atoms with Crippen molar-refractivity contribution < 1.29 is 34.3 Å². The Bertz CT molecular complexity index is 1290. The Kier molecular flexibility index (Phi) is 8.77. The highest BCUT2D eigenvalue weighted by Crippen LogP contribution is 2.52. The van der Waals surface area contributed by atoms with Crippen molar-refractivity contribution in [3.8, 4) is 0 Å². The van der Waals surface area contributed by atoms with Gasteiger partial charge in [0.1, 0.15) is 5.70 Å². The minimum atomic E-state index is -0.982. The minimum absolute atomic E-state index is 0.00946. The highest BCUT2D eigenvalue weighted by Gasteiger charge is 2.60. The fraction of sp³-hybridized carbons (Fsp3) is 0.621. The standard InChI is InChI=1S/C29H38N4O8S/c1-15-23-22(16(2)34)27(36)32(23)24(29(38)41-28(37)17-7-9-19(10-8-17)33(39)40)26(15)42-20-12-21(31(4)14-20)25(35)18-6-5-11-30(3)13-18/h7-10,15-16,18,20-23,25,34-35H,5-6,11-14H2,1-4H3/t15-,16?,18?,20?,21+,22?,23?,25?/m1/s1. The molecule has 3 saturated heterocycles. The number of carbonyl (C=O) groups is 3. The molecule has 5 rings (SSSR count). The Morgan fingerprint density at radius 1 is 1.14 bits per heavy atom. The van der Waals surface area contributed by atoms with Gasteiger partial charge in [-0.2, -0.15) is 0 Å². The lowest BCUT2D eigenvalue weighted by atomic mass is 9.79. The Balaban J connectivity index is 1.36. The molecule has 6 unspecified atom stereocenters. The molecule has 0 bridgehead atoms. The summed E-state index contributed by atoms with van der Waals surface area (Å²) in [5.41, 5.74) is -0.233. The van der Waals surface area contributed by atoms with E-state index in [4.69, 9.17) is 4.74 Å². The molecular weight excluding hydrogens is 564 g/mol. The maximum absolute atomic E-state index is 13.5. The summed E-state index contributed by atoms with van der Waals surface area (Å²) in [6, 6.07) is 4.23. The zero-order chi connectivity index (χ0) is 30.5. The van der Waals surface area contributed by atoms with Crippen LogP contribution in [0.4, 0.5) is 5.69 Å². The lowest BCUT2D eigenvalue weighted by molar-refractivity contribution is -0.384. The molecule has 1 aromatic carbocycles. The zero-order valence-electron chi connectivity index (χ0n) is 24.2. The Morgan fingerprint density at radius 2 is 1.83 bits per heavy atom. The highest BCUT2D eigenvalue weighted by atomic mass is 32.2. The van der Waals surface area contributed by atoms with E-state index in [1.165, 1.54) is 28.8 Å². The predicted molar refractivity (Wildman–Crippen MR) is 154 cm³/mol. The van der Waals surface area contributed by atoms with Gasteiger partial charge in [0.2, 0.25) is 5.91 Å². The molecule has 4 aliphatic rings. The number of carbonyl (C=O) groups excluding carboxylic acids is 3. The molecule has 2 N–H and O–H groups in total. The molecule has 0 aromatic heterocycles. The number of amides is 1. The number of thioether (sulfide) groups is 1. The van der Waals surface area contributed by atoms with Crippen LogP contribution in [0, 0.1) is 27.9 Å². The number of hydrogen-bond acceptors (Lipinski definition) is 11. The summed E-state index contributed by atoms with van der Waals surface area (Å²) >= 11 is 1.48. The smallest absolute Gasteiger partial charge is 0.363 e. The van der Waals surface area contributed by atoms with E-state index in [0.29, 0.717) is 17.9 Å². The Labute approximate surface area is 248 Å². The number of aliphatic hydroxyl groups excluding tert-OH is 2. The Hall–Kier alpha value is -2.84. The number of nitro groups is 1. The van der Waals surface area contributed by atoms with Crippen molar-refractivity contribution in [1.29, 1.82) is 0 Å². The van der Waals surface area contributed by atoms with Crippen molar-refractivity contribution in [2.75, 3.05) is 33.7 Å². The van der Waals surface area contributed by atoms with Gasteiger partial charge in [-0.3, -0.25) is 19.8 Å². The maximum Gasteiger partial charge on any atom is 0.363 e. The molecule has 0 radical (unpaired) electrons. The van der Waals surface area contributed by atoms with E-state index in [-0.39, 0.29) is 40.1 Å². The van der Waals surface area contributed by atoms with E-state index >= 15 is 0 Å². The van der Waals surface area contributed by atoms with Gasteiger partial charge in [0.25, 0.3) is 5.69 Å². The van der Waals surface area contributed by atoms with Crippen LogP contribution in [0.3, 0.4) is 0 Å².